The second-order valence-corrected chi connectivity index (χ2v) is 8.50. The number of carbonyl (C=O) groups excluding carboxylic acids is 1. The molecule has 33 heavy (non-hydrogen) atoms. The number of amides is 1. The van der Waals surface area contributed by atoms with E-state index in [-0.39, 0.29) is 11.8 Å². The predicted octanol–water partition coefficient (Wildman–Crippen LogP) is 2.37. The molecule has 9 heteroatoms. The molecule has 2 fully saturated rings. The molecule has 0 bridgehead atoms. The Labute approximate surface area is 193 Å². The number of nitrogens with zero attached hydrogens (tertiary/aromatic N) is 7. The fraction of sp³-hybridized carbons (Fsp3) is 0.458. The first-order valence-corrected chi connectivity index (χ1v) is 11.6. The van der Waals surface area contributed by atoms with Gasteiger partial charge in [-0.1, -0.05) is 0 Å². The molecule has 0 saturated carbocycles. The van der Waals surface area contributed by atoms with Crippen LogP contribution >= 0.6 is 0 Å². The van der Waals surface area contributed by atoms with Gasteiger partial charge in [0, 0.05) is 81.6 Å². The number of pyridine rings is 1. The van der Waals surface area contributed by atoms with Gasteiger partial charge in [0.2, 0.25) is 11.9 Å². The van der Waals surface area contributed by atoms with Crippen molar-refractivity contribution in [3.8, 4) is 11.1 Å². The van der Waals surface area contributed by atoms with Crippen LogP contribution in [0.4, 0.5) is 5.95 Å². The predicted molar refractivity (Wildman–Crippen MR) is 124 cm³/mol. The number of morpholine rings is 1. The van der Waals surface area contributed by atoms with E-state index in [9.17, 15) is 4.79 Å². The Morgan fingerprint density at radius 1 is 1.12 bits per heavy atom. The Morgan fingerprint density at radius 3 is 2.76 bits per heavy atom. The Balaban J connectivity index is 1.38. The molecule has 0 aliphatic carbocycles. The third-order valence-corrected chi connectivity index (χ3v) is 6.37. The minimum atomic E-state index is 0.165. The second-order valence-electron chi connectivity index (χ2n) is 8.50. The zero-order chi connectivity index (χ0) is 22.5. The molecule has 0 aromatic carbocycles. The average molecular weight is 448 g/mol. The fourth-order valence-electron chi connectivity index (χ4n) is 4.59. The van der Waals surface area contributed by atoms with Crippen molar-refractivity contribution in [1.29, 1.82) is 0 Å². The smallest absolute Gasteiger partial charge is 0.225 e. The summed E-state index contributed by atoms with van der Waals surface area (Å²) in [6.07, 6.45) is 11.6. The molecule has 0 N–H and O–H groups in total. The third kappa shape index (κ3) is 5.03. The van der Waals surface area contributed by atoms with Gasteiger partial charge in [-0.15, -0.1) is 0 Å². The van der Waals surface area contributed by atoms with Gasteiger partial charge in [0.05, 0.1) is 18.9 Å². The van der Waals surface area contributed by atoms with Gasteiger partial charge in [-0.05, 0) is 36.6 Å². The van der Waals surface area contributed by atoms with E-state index in [4.69, 9.17) is 14.7 Å². The van der Waals surface area contributed by atoms with Crippen LogP contribution in [0.5, 0.6) is 0 Å². The quantitative estimate of drug-likeness (QED) is 0.573. The van der Waals surface area contributed by atoms with Gasteiger partial charge < -0.3 is 14.5 Å². The van der Waals surface area contributed by atoms with Crippen molar-refractivity contribution in [2.75, 3.05) is 44.3 Å². The Hall–Kier alpha value is -3.33. The zero-order valence-electron chi connectivity index (χ0n) is 18.7. The standard InChI is InChI=1S/C24H29N7O2/c32-22(6-12-31-11-2-7-27-31)30-10-1-3-20(18-30)23-21(19-4-8-25-9-5-19)17-26-24(28-23)29-13-15-33-16-14-29/h2,4-5,7-9,11,17,20H,1,3,6,10,12-16,18H2. The number of aryl methyl sites for hydroxylation is 1. The number of hydrogen-bond donors (Lipinski definition) is 0. The number of aromatic nitrogens is 5. The number of likely N-dealkylation sites (tertiary alicyclic amines) is 1. The minimum absolute atomic E-state index is 0.165. The summed E-state index contributed by atoms with van der Waals surface area (Å²) in [5.74, 6) is 1.08. The first-order valence-electron chi connectivity index (χ1n) is 11.6. The van der Waals surface area contributed by atoms with Crippen LogP contribution in [0.3, 0.4) is 0 Å². The molecule has 3 aromatic heterocycles. The molecule has 1 amide bonds. The molecule has 3 aromatic rings. The topological polar surface area (TPSA) is 89.3 Å². The lowest BCUT2D eigenvalue weighted by atomic mass is 9.90. The molecule has 2 aliphatic heterocycles. The normalized spacial score (nSPS) is 19.0. The summed E-state index contributed by atoms with van der Waals surface area (Å²) in [5, 5.41) is 4.21. The van der Waals surface area contributed by atoms with E-state index < -0.39 is 0 Å². The number of rotatable bonds is 6. The van der Waals surface area contributed by atoms with Crippen molar-refractivity contribution in [1.82, 2.24) is 29.6 Å². The van der Waals surface area contributed by atoms with Crippen LogP contribution in [0.1, 0.15) is 30.9 Å². The summed E-state index contributed by atoms with van der Waals surface area (Å²) in [5.41, 5.74) is 3.09. The number of anilines is 1. The molecular formula is C24H29N7O2. The molecule has 9 nitrogen and oxygen atoms in total. The van der Waals surface area contributed by atoms with E-state index in [1.807, 2.05) is 35.5 Å². The second kappa shape index (κ2) is 10.1. The van der Waals surface area contributed by atoms with Crippen LogP contribution in [0.25, 0.3) is 11.1 Å². The zero-order valence-corrected chi connectivity index (χ0v) is 18.7. The lowest BCUT2D eigenvalue weighted by Gasteiger charge is -2.34. The molecule has 1 unspecified atom stereocenters. The van der Waals surface area contributed by atoms with Gasteiger partial charge in [0.25, 0.3) is 0 Å². The van der Waals surface area contributed by atoms with Crippen LogP contribution in [0, 0.1) is 0 Å². The molecule has 0 spiro atoms. The fourth-order valence-corrected chi connectivity index (χ4v) is 4.59. The van der Waals surface area contributed by atoms with Gasteiger partial charge in [-0.25, -0.2) is 9.97 Å². The monoisotopic (exact) mass is 447 g/mol. The van der Waals surface area contributed by atoms with E-state index in [1.54, 1.807) is 23.3 Å². The van der Waals surface area contributed by atoms with Crippen LogP contribution in [0.2, 0.25) is 0 Å². The van der Waals surface area contributed by atoms with E-state index in [1.165, 1.54) is 0 Å². The van der Waals surface area contributed by atoms with Gasteiger partial charge in [0.1, 0.15) is 0 Å². The first kappa shape index (κ1) is 21.5. The maximum Gasteiger partial charge on any atom is 0.225 e. The summed E-state index contributed by atoms with van der Waals surface area (Å²) < 4.78 is 7.30. The SMILES string of the molecule is O=C(CCn1cccn1)N1CCCC(c2nc(N3CCOCC3)ncc2-c2ccncc2)C1. The van der Waals surface area contributed by atoms with Crippen molar-refractivity contribution in [3.63, 3.8) is 0 Å². The Morgan fingerprint density at radius 2 is 1.97 bits per heavy atom. The highest BCUT2D eigenvalue weighted by molar-refractivity contribution is 5.76. The molecule has 2 aliphatic rings. The maximum absolute atomic E-state index is 13.0. The molecule has 2 saturated heterocycles. The first-order chi connectivity index (χ1) is 16.3. The Kier molecular flexibility index (Phi) is 6.57. The lowest BCUT2D eigenvalue weighted by molar-refractivity contribution is -0.132. The van der Waals surface area contributed by atoms with E-state index in [0.29, 0.717) is 32.7 Å². The van der Waals surface area contributed by atoms with Crippen LogP contribution in [-0.2, 0) is 16.1 Å². The molecule has 172 valence electrons. The third-order valence-electron chi connectivity index (χ3n) is 6.37. The summed E-state index contributed by atoms with van der Waals surface area (Å²) in [6.45, 7) is 5.02. The van der Waals surface area contributed by atoms with E-state index in [0.717, 1.165) is 55.2 Å². The molecule has 5 heterocycles. The number of hydrogen-bond acceptors (Lipinski definition) is 7. The highest BCUT2D eigenvalue weighted by Crippen LogP contribution is 2.34. The van der Waals surface area contributed by atoms with Gasteiger partial charge in [0.15, 0.2) is 0 Å². The largest absolute Gasteiger partial charge is 0.378 e. The average Bonchev–Trinajstić information content (AvgIpc) is 3.42. The number of carbonyl (C=O) groups is 1. The lowest BCUT2D eigenvalue weighted by Crippen LogP contribution is -2.40. The summed E-state index contributed by atoms with van der Waals surface area (Å²) in [4.78, 5) is 31.0. The Bertz CT molecular complexity index is 1050. The van der Waals surface area contributed by atoms with Crippen molar-refractivity contribution in [2.45, 2.75) is 31.7 Å². The number of ether oxygens (including phenoxy) is 1. The van der Waals surface area contributed by atoms with Crippen LogP contribution in [0.15, 0.2) is 49.2 Å². The molecular weight excluding hydrogens is 418 g/mol. The molecule has 1 atom stereocenters. The minimum Gasteiger partial charge on any atom is -0.378 e. The van der Waals surface area contributed by atoms with Crippen molar-refractivity contribution >= 4 is 11.9 Å². The van der Waals surface area contributed by atoms with Gasteiger partial charge >= 0.3 is 0 Å². The summed E-state index contributed by atoms with van der Waals surface area (Å²) in [7, 11) is 0. The van der Waals surface area contributed by atoms with Gasteiger partial charge in [-0.2, -0.15) is 5.10 Å². The summed E-state index contributed by atoms with van der Waals surface area (Å²) >= 11 is 0. The molecule has 0 radical (unpaired) electrons. The maximum atomic E-state index is 13.0. The van der Waals surface area contributed by atoms with E-state index >= 15 is 0 Å². The van der Waals surface area contributed by atoms with E-state index in [2.05, 4.69) is 15.0 Å². The van der Waals surface area contributed by atoms with Crippen molar-refractivity contribution < 1.29 is 9.53 Å². The van der Waals surface area contributed by atoms with Crippen molar-refractivity contribution in [2.24, 2.45) is 0 Å². The van der Waals surface area contributed by atoms with Gasteiger partial charge in [-0.3, -0.25) is 14.5 Å². The van der Waals surface area contributed by atoms with Crippen LogP contribution in [-0.4, -0.2) is 74.9 Å². The van der Waals surface area contributed by atoms with Crippen LogP contribution < -0.4 is 4.90 Å². The highest BCUT2D eigenvalue weighted by Gasteiger charge is 2.29. The number of piperidine rings is 1. The summed E-state index contributed by atoms with van der Waals surface area (Å²) in [6, 6.07) is 5.86. The highest BCUT2D eigenvalue weighted by atomic mass is 16.5. The molecule has 5 rings (SSSR count). The van der Waals surface area contributed by atoms with Crippen molar-refractivity contribution in [3.05, 3.63) is 54.9 Å².